The Morgan fingerprint density at radius 1 is 0.363 bits per heavy atom. The van der Waals surface area contributed by atoms with Crippen LogP contribution in [0.3, 0.4) is 0 Å². The van der Waals surface area contributed by atoms with E-state index >= 15 is 0 Å². The summed E-state index contributed by atoms with van der Waals surface area (Å²) in [5.41, 5.74) is -8.34. The first-order valence-corrected chi connectivity index (χ1v) is 38.6. The molecule has 8 aliphatic heterocycles. The minimum atomic E-state index is -4.72. The van der Waals surface area contributed by atoms with E-state index in [0.29, 0.717) is 145 Å². The van der Waals surface area contributed by atoms with Gasteiger partial charge in [0.05, 0.1) is 50.3 Å². The minimum Gasteiger partial charge on any atom is -0.463 e. The summed E-state index contributed by atoms with van der Waals surface area (Å²) in [5.74, 6) is -38.7. The molecule has 11 rings (SSSR count). The number of carbonyl (C=O) groups is 16. The molecular formula is C76H98F16O32. The van der Waals surface area contributed by atoms with Crippen molar-refractivity contribution in [1.82, 2.24) is 0 Å². The van der Waals surface area contributed by atoms with Gasteiger partial charge in [0.2, 0.25) is 23.5 Å². The average Bonchev–Trinajstić information content (AvgIpc) is 1.62. The van der Waals surface area contributed by atoms with Gasteiger partial charge in [0, 0.05) is 80.1 Å². The Labute approximate surface area is 697 Å². The molecule has 0 aromatic carbocycles. The lowest BCUT2D eigenvalue weighted by atomic mass is 9.80. The lowest BCUT2D eigenvalue weighted by molar-refractivity contribution is -0.227. The lowest BCUT2D eigenvalue weighted by Crippen LogP contribution is -2.48. The van der Waals surface area contributed by atoms with E-state index < -0.39 is 196 Å². The van der Waals surface area contributed by atoms with Crippen molar-refractivity contribution in [2.24, 2.45) is 23.2 Å². The van der Waals surface area contributed by atoms with E-state index in [-0.39, 0.29) is 93.9 Å². The summed E-state index contributed by atoms with van der Waals surface area (Å²) in [5, 5.41) is 0. The highest BCUT2D eigenvalue weighted by molar-refractivity contribution is 5.88. The van der Waals surface area contributed by atoms with Gasteiger partial charge in [-0.2, -0.15) is 65.9 Å². The number of carbonyl (C=O) groups excluding carboxylic acids is 16. The van der Waals surface area contributed by atoms with Gasteiger partial charge in [-0.05, 0) is 132 Å². The van der Waals surface area contributed by atoms with E-state index in [4.69, 9.17) is 28.4 Å². The Balaban J connectivity index is 0.000000298. The van der Waals surface area contributed by atoms with Crippen LogP contribution in [0.2, 0.25) is 0 Å². The summed E-state index contributed by atoms with van der Waals surface area (Å²) in [6.07, 6.45) is -4.76. The molecule has 706 valence electrons. The van der Waals surface area contributed by atoms with Gasteiger partial charge in [0.1, 0.15) is 35.6 Å². The fraction of sp³-hybridized carbons (Fsp3) is 0.789. The van der Waals surface area contributed by atoms with Gasteiger partial charge in [0.25, 0.3) is 0 Å². The fourth-order valence-electron chi connectivity index (χ4n) is 12.1. The van der Waals surface area contributed by atoms with E-state index in [1.165, 1.54) is 13.8 Å². The molecule has 3 saturated carbocycles. The van der Waals surface area contributed by atoms with Crippen molar-refractivity contribution in [3.8, 4) is 0 Å². The zero-order valence-electron chi connectivity index (χ0n) is 69.6. The third-order valence-electron chi connectivity index (χ3n) is 19.9. The van der Waals surface area contributed by atoms with Gasteiger partial charge in [0.15, 0.2) is 17.6 Å². The summed E-state index contributed by atoms with van der Waals surface area (Å²) in [6.45, 7) is 13.2. The molecule has 0 radical (unpaired) electrons. The summed E-state index contributed by atoms with van der Waals surface area (Å²) in [4.78, 5) is 177. The topological polar surface area (TPSA) is 421 Å². The maximum atomic E-state index is 12.9. The summed E-state index contributed by atoms with van der Waals surface area (Å²) in [6, 6.07) is 0. The van der Waals surface area contributed by atoms with Crippen LogP contribution in [0.25, 0.3) is 0 Å². The standard InChI is InChI=1S/2C11H14F2O4.C10H12F2O4.C9H11F3O4.3C9H12F2O4.C8H11FO4/c1-10(17-9(15)11(2,12)13)4-3-6-5-7(10)16-8(6)14;1-10-5-6(8(14)17-10)3-4-7(10)16-9(15)11(2,12)13;1-10(11,12)9(14)16-6-3-2-5-4-7(6)15-8(5)13;1-8(2,9(10,11)12)7(14)16-5-3-4-15-6(5)13;1-8(4-3-5-14-6(8)12)15-7(13)9(2,10)11;1-5-3-4-6(7(12)14-5)15-8(13)9(2,10)11;1-9(10,11)8(13)15-6-4-2-3-5-14-7(6)12;1-8(2,9)7(11)13-5-3-4-12-6(5)10/h2*6-7H,3-5H2,1-2H3;5-7H,2-4H2,1H3;5H,3-4H2,1-2H3;3-5H2,1-2H3;5-6H,3-4H2,1-2H3;6H,2-5H2,1H3;5H,3-4H2,1-2H3. The molecule has 3 aliphatic carbocycles. The summed E-state index contributed by atoms with van der Waals surface area (Å²) < 4.78 is 276. The molecule has 8 saturated heterocycles. The molecular weight excluding hydrogens is 1730 g/mol. The number of fused-ring (bicyclic) bond motifs is 6. The number of esters is 16. The molecule has 11 fully saturated rings. The Morgan fingerprint density at radius 2 is 0.790 bits per heavy atom. The maximum absolute atomic E-state index is 12.9. The second kappa shape index (κ2) is 42.1. The predicted octanol–water partition coefficient (Wildman–Crippen LogP) is 10.5. The first-order valence-electron chi connectivity index (χ1n) is 38.6. The van der Waals surface area contributed by atoms with Crippen LogP contribution in [-0.4, -0.2) is 241 Å². The van der Waals surface area contributed by atoms with Crippen LogP contribution < -0.4 is 0 Å². The minimum absolute atomic E-state index is 0.0588. The van der Waals surface area contributed by atoms with Crippen LogP contribution >= 0.6 is 0 Å². The molecule has 15 atom stereocenters. The van der Waals surface area contributed by atoms with Gasteiger partial charge >= 0.3 is 137 Å². The molecule has 48 heteroatoms. The van der Waals surface area contributed by atoms with Gasteiger partial charge in [-0.1, -0.05) is 0 Å². The van der Waals surface area contributed by atoms with E-state index in [0.717, 1.165) is 13.8 Å². The zero-order valence-corrected chi connectivity index (χ0v) is 69.6. The van der Waals surface area contributed by atoms with E-state index in [2.05, 4.69) is 47.4 Å². The number of rotatable bonds is 16. The summed E-state index contributed by atoms with van der Waals surface area (Å²) >= 11 is 0. The van der Waals surface area contributed by atoms with Crippen molar-refractivity contribution in [3.05, 3.63) is 0 Å². The Bertz CT molecular complexity index is 3850. The van der Waals surface area contributed by atoms with E-state index in [1.807, 2.05) is 0 Å². The molecule has 0 amide bonds. The summed E-state index contributed by atoms with van der Waals surface area (Å²) in [7, 11) is 0. The molecule has 0 spiro atoms. The molecule has 8 heterocycles. The quantitative estimate of drug-likeness (QED) is 0.0787. The molecule has 0 aromatic rings. The van der Waals surface area contributed by atoms with Crippen LogP contribution in [-0.2, 0) is 153 Å². The van der Waals surface area contributed by atoms with Gasteiger partial charge in [-0.15, -0.1) is 0 Å². The largest absolute Gasteiger partial charge is 0.463 e. The highest BCUT2D eigenvalue weighted by atomic mass is 19.4. The monoisotopic (exact) mass is 1830 g/mol. The van der Waals surface area contributed by atoms with Gasteiger partial charge < -0.3 is 75.8 Å². The van der Waals surface area contributed by atoms with Crippen LogP contribution in [0, 0.1) is 23.2 Å². The number of halogens is 16. The predicted molar refractivity (Wildman–Crippen MR) is 374 cm³/mol. The Hall–Kier alpha value is -9.60. The van der Waals surface area contributed by atoms with Crippen molar-refractivity contribution < 1.29 is 223 Å². The number of hydrogen-bond donors (Lipinski definition) is 0. The zero-order chi connectivity index (χ0) is 95.0. The molecule has 6 bridgehead atoms. The third kappa shape index (κ3) is 31.5. The molecule has 0 N–H and O–H groups in total. The molecule has 124 heavy (non-hydrogen) atoms. The Kier molecular flexibility index (Phi) is 36.3. The van der Waals surface area contributed by atoms with E-state index in [9.17, 15) is 147 Å². The molecule has 11 aliphatic rings. The smallest absolute Gasteiger partial charge is 0.404 e. The third-order valence-corrected chi connectivity index (χ3v) is 19.9. The van der Waals surface area contributed by atoms with Crippen molar-refractivity contribution in [2.75, 3.05) is 26.4 Å². The molecule has 15 unspecified atom stereocenters. The number of ether oxygens (including phenoxy) is 16. The van der Waals surface area contributed by atoms with Gasteiger partial charge in [-0.25, -0.2) is 61.9 Å². The van der Waals surface area contributed by atoms with Crippen molar-refractivity contribution >= 4 is 95.5 Å². The number of hydrogen-bond acceptors (Lipinski definition) is 32. The normalized spacial score (nSPS) is 28.9. The highest BCUT2D eigenvalue weighted by Gasteiger charge is 2.59. The SMILES string of the molecule is CC(C)(C(=O)OC1CCOC1=O)C(F)(F)F.CC(C)(F)C(=O)OC1CCOC1=O.CC(F)(F)C(=O)OC1(C)CCC2CC1OC2=O.CC(F)(F)C(=O)OC1(C)CCCOC1=O.CC(F)(F)C(=O)OC1CCC2CC1(C)OC2=O.CC(F)(F)C(=O)OC1CCC2CC1OC2=O.CC(F)(F)C(=O)OC1CCCCOC1=O.CC1CCC(OC(=O)C(C)(F)F)C(=O)O1. The maximum Gasteiger partial charge on any atom is 0.404 e. The van der Waals surface area contributed by atoms with Crippen molar-refractivity contribution in [3.63, 3.8) is 0 Å². The van der Waals surface area contributed by atoms with Gasteiger partial charge in [-0.3, -0.25) is 19.2 Å². The average molecular weight is 1830 g/mol. The van der Waals surface area contributed by atoms with Crippen molar-refractivity contribution in [1.29, 1.82) is 0 Å². The Morgan fingerprint density at radius 3 is 1.26 bits per heavy atom. The molecule has 32 nitrogen and oxygen atoms in total. The van der Waals surface area contributed by atoms with Crippen LogP contribution in [0.1, 0.15) is 213 Å². The van der Waals surface area contributed by atoms with E-state index in [1.54, 1.807) is 13.8 Å². The first-order chi connectivity index (χ1) is 56.4. The first kappa shape index (κ1) is 107. The number of alkyl halides is 16. The van der Waals surface area contributed by atoms with Crippen LogP contribution in [0.4, 0.5) is 70.2 Å². The second-order valence-electron chi connectivity index (χ2n) is 32.4. The highest BCUT2D eigenvalue weighted by Crippen LogP contribution is 2.46. The van der Waals surface area contributed by atoms with Crippen molar-refractivity contribution in [2.45, 2.75) is 332 Å². The fourth-order valence-corrected chi connectivity index (χ4v) is 12.1. The second-order valence-corrected chi connectivity index (χ2v) is 32.4. The van der Waals surface area contributed by atoms with Crippen LogP contribution in [0.5, 0.6) is 0 Å². The van der Waals surface area contributed by atoms with Crippen LogP contribution in [0.15, 0.2) is 0 Å². The number of cyclic esters (lactones) is 5. The lowest BCUT2D eigenvalue weighted by Gasteiger charge is -2.36. The molecule has 0 aromatic heterocycles.